The van der Waals surface area contributed by atoms with Crippen LogP contribution in [0.3, 0.4) is 0 Å². The molecular formula is C20H28N6O. The number of piperidine rings is 1. The number of benzene rings is 1. The first-order valence-electron chi connectivity index (χ1n) is 9.35. The number of hydrogen-bond donors (Lipinski definition) is 2. The van der Waals surface area contributed by atoms with Gasteiger partial charge >= 0.3 is 0 Å². The third kappa shape index (κ3) is 5.65. The van der Waals surface area contributed by atoms with E-state index in [1.165, 1.54) is 12.5 Å². The molecule has 1 aliphatic heterocycles. The first-order chi connectivity index (χ1) is 13.0. The van der Waals surface area contributed by atoms with Crippen molar-refractivity contribution in [2.75, 3.05) is 42.7 Å². The number of amides is 1. The summed E-state index contributed by atoms with van der Waals surface area (Å²) in [7, 11) is 3.96. The molecule has 1 fully saturated rings. The van der Waals surface area contributed by atoms with Gasteiger partial charge in [-0.1, -0.05) is 12.1 Å². The maximum Gasteiger partial charge on any atom is 0.224 e. The Morgan fingerprint density at radius 1 is 1.26 bits per heavy atom. The third-order valence-electron chi connectivity index (χ3n) is 4.62. The van der Waals surface area contributed by atoms with E-state index in [2.05, 4.69) is 37.6 Å². The first-order valence-corrected chi connectivity index (χ1v) is 9.35. The molecular weight excluding hydrogens is 340 g/mol. The monoisotopic (exact) mass is 368 g/mol. The number of hydrogen-bond acceptors (Lipinski definition) is 6. The minimum atomic E-state index is -0.0479. The maximum atomic E-state index is 11.1. The Labute approximate surface area is 160 Å². The molecule has 0 aliphatic carbocycles. The van der Waals surface area contributed by atoms with E-state index in [-0.39, 0.29) is 5.91 Å². The van der Waals surface area contributed by atoms with E-state index in [9.17, 15) is 4.79 Å². The van der Waals surface area contributed by atoms with E-state index >= 15 is 0 Å². The SMILES string of the molecule is CC(=O)Nc1ccc(CN2CCCC(Nc3nccc(N(C)C)n3)C2)cc1. The number of carbonyl (C=O) groups excluding carboxylic acids is 1. The van der Waals surface area contributed by atoms with Gasteiger partial charge in [0.1, 0.15) is 5.82 Å². The lowest BCUT2D eigenvalue weighted by Gasteiger charge is -2.33. The van der Waals surface area contributed by atoms with E-state index in [0.717, 1.165) is 44.0 Å². The fraction of sp³-hybridized carbons (Fsp3) is 0.450. The quantitative estimate of drug-likeness (QED) is 0.816. The molecule has 1 saturated heterocycles. The maximum absolute atomic E-state index is 11.1. The summed E-state index contributed by atoms with van der Waals surface area (Å²) in [6.07, 6.45) is 4.06. The van der Waals surface area contributed by atoms with Crippen molar-refractivity contribution in [2.45, 2.75) is 32.4 Å². The van der Waals surface area contributed by atoms with Gasteiger partial charge in [-0.15, -0.1) is 0 Å². The van der Waals surface area contributed by atoms with Crippen molar-refractivity contribution in [3.05, 3.63) is 42.1 Å². The molecule has 1 amide bonds. The van der Waals surface area contributed by atoms with Crippen LogP contribution in [0.1, 0.15) is 25.3 Å². The number of aromatic nitrogens is 2. The number of rotatable bonds is 6. The van der Waals surface area contributed by atoms with E-state index in [0.29, 0.717) is 12.0 Å². The average Bonchev–Trinajstić information content (AvgIpc) is 2.63. The number of nitrogens with one attached hydrogen (secondary N) is 2. The van der Waals surface area contributed by atoms with Crippen LogP contribution in [0.15, 0.2) is 36.5 Å². The fourth-order valence-corrected chi connectivity index (χ4v) is 3.32. The van der Waals surface area contributed by atoms with Crippen LogP contribution in [-0.2, 0) is 11.3 Å². The number of likely N-dealkylation sites (tertiary alicyclic amines) is 1. The smallest absolute Gasteiger partial charge is 0.224 e. The van der Waals surface area contributed by atoms with Gasteiger partial charge in [0.15, 0.2) is 0 Å². The highest BCUT2D eigenvalue weighted by Gasteiger charge is 2.20. The van der Waals surface area contributed by atoms with E-state index in [1.807, 2.05) is 37.2 Å². The standard InChI is InChI=1S/C20H28N6O/c1-15(27)22-17-8-6-16(7-9-17)13-26-12-4-5-18(14-26)23-20-21-11-10-19(24-20)25(2)3/h6-11,18H,4-5,12-14H2,1-3H3,(H,22,27)(H,21,23,24). The number of anilines is 3. The van der Waals surface area contributed by atoms with Crippen molar-refractivity contribution in [3.63, 3.8) is 0 Å². The molecule has 2 heterocycles. The normalized spacial score (nSPS) is 17.4. The molecule has 0 spiro atoms. The molecule has 1 aromatic heterocycles. The highest BCUT2D eigenvalue weighted by molar-refractivity contribution is 5.88. The molecule has 7 heteroatoms. The summed E-state index contributed by atoms with van der Waals surface area (Å²) in [6, 6.07) is 10.3. The molecule has 0 bridgehead atoms. The van der Waals surface area contributed by atoms with Crippen molar-refractivity contribution in [1.29, 1.82) is 0 Å². The van der Waals surface area contributed by atoms with Crippen LogP contribution in [0.5, 0.6) is 0 Å². The predicted octanol–water partition coefficient (Wildman–Crippen LogP) is 2.58. The van der Waals surface area contributed by atoms with Crippen molar-refractivity contribution < 1.29 is 4.79 Å². The van der Waals surface area contributed by atoms with Crippen LogP contribution in [-0.4, -0.2) is 54.0 Å². The first kappa shape index (κ1) is 19.1. The second kappa shape index (κ2) is 8.81. The van der Waals surface area contributed by atoms with Crippen molar-refractivity contribution in [1.82, 2.24) is 14.9 Å². The minimum absolute atomic E-state index is 0.0479. The lowest BCUT2D eigenvalue weighted by Crippen LogP contribution is -2.41. The minimum Gasteiger partial charge on any atom is -0.363 e. The van der Waals surface area contributed by atoms with Crippen molar-refractivity contribution in [3.8, 4) is 0 Å². The highest BCUT2D eigenvalue weighted by Crippen LogP contribution is 2.18. The van der Waals surface area contributed by atoms with Gasteiger partial charge in [0.2, 0.25) is 11.9 Å². The second-order valence-corrected chi connectivity index (χ2v) is 7.23. The van der Waals surface area contributed by atoms with Crippen molar-refractivity contribution in [2.24, 2.45) is 0 Å². The largest absolute Gasteiger partial charge is 0.363 e. The molecule has 1 aromatic carbocycles. The summed E-state index contributed by atoms with van der Waals surface area (Å²) in [4.78, 5) is 24.5. The lowest BCUT2D eigenvalue weighted by atomic mass is 10.0. The third-order valence-corrected chi connectivity index (χ3v) is 4.62. The predicted molar refractivity (Wildman–Crippen MR) is 109 cm³/mol. The molecule has 27 heavy (non-hydrogen) atoms. The van der Waals surface area contributed by atoms with Gasteiger partial charge in [0, 0.05) is 52.0 Å². The Hall–Kier alpha value is -2.67. The van der Waals surface area contributed by atoms with Crippen LogP contribution >= 0.6 is 0 Å². The van der Waals surface area contributed by atoms with Gasteiger partial charge in [-0.3, -0.25) is 9.69 Å². The van der Waals surface area contributed by atoms with Crippen LogP contribution in [0.2, 0.25) is 0 Å². The van der Waals surface area contributed by atoms with Gasteiger partial charge < -0.3 is 15.5 Å². The summed E-state index contributed by atoms with van der Waals surface area (Å²) in [5, 5.41) is 6.29. The van der Waals surface area contributed by atoms with Gasteiger partial charge in [0.05, 0.1) is 0 Å². The molecule has 0 radical (unpaired) electrons. The van der Waals surface area contributed by atoms with Crippen LogP contribution in [0, 0.1) is 0 Å². The van der Waals surface area contributed by atoms with Gasteiger partial charge in [-0.05, 0) is 43.1 Å². The number of nitrogens with zero attached hydrogens (tertiary/aromatic N) is 4. The molecule has 1 unspecified atom stereocenters. The summed E-state index contributed by atoms with van der Waals surface area (Å²) in [5.74, 6) is 1.54. The summed E-state index contributed by atoms with van der Waals surface area (Å²) in [5.41, 5.74) is 2.08. The Morgan fingerprint density at radius 2 is 2.04 bits per heavy atom. The summed E-state index contributed by atoms with van der Waals surface area (Å²) < 4.78 is 0. The zero-order chi connectivity index (χ0) is 19.2. The molecule has 0 saturated carbocycles. The van der Waals surface area contributed by atoms with Crippen LogP contribution in [0.4, 0.5) is 17.5 Å². The van der Waals surface area contributed by atoms with E-state index in [4.69, 9.17) is 0 Å². The van der Waals surface area contributed by atoms with E-state index in [1.54, 1.807) is 6.20 Å². The molecule has 3 rings (SSSR count). The molecule has 2 N–H and O–H groups in total. The van der Waals surface area contributed by atoms with Crippen LogP contribution < -0.4 is 15.5 Å². The molecule has 144 valence electrons. The topological polar surface area (TPSA) is 73.4 Å². The zero-order valence-electron chi connectivity index (χ0n) is 16.3. The molecule has 2 aromatic rings. The number of carbonyl (C=O) groups is 1. The van der Waals surface area contributed by atoms with Crippen LogP contribution in [0.25, 0.3) is 0 Å². The van der Waals surface area contributed by atoms with Gasteiger partial charge in [-0.2, -0.15) is 4.98 Å². The fourth-order valence-electron chi connectivity index (χ4n) is 3.32. The van der Waals surface area contributed by atoms with Gasteiger partial charge in [0.25, 0.3) is 0 Å². The molecule has 7 nitrogen and oxygen atoms in total. The molecule has 1 atom stereocenters. The molecule has 1 aliphatic rings. The second-order valence-electron chi connectivity index (χ2n) is 7.23. The lowest BCUT2D eigenvalue weighted by molar-refractivity contribution is -0.114. The zero-order valence-corrected chi connectivity index (χ0v) is 16.3. The van der Waals surface area contributed by atoms with Crippen molar-refractivity contribution >= 4 is 23.4 Å². The Morgan fingerprint density at radius 3 is 2.74 bits per heavy atom. The van der Waals surface area contributed by atoms with E-state index < -0.39 is 0 Å². The average molecular weight is 368 g/mol. The summed E-state index contributed by atoms with van der Waals surface area (Å²) >= 11 is 0. The Balaban J connectivity index is 1.56. The summed E-state index contributed by atoms with van der Waals surface area (Å²) in [6.45, 7) is 4.47. The highest BCUT2D eigenvalue weighted by atomic mass is 16.1. The Bertz CT molecular complexity index is 761. The van der Waals surface area contributed by atoms with Gasteiger partial charge in [-0.25, -0.2) is 4.98 Å². The Kier molecular flexibility index (Phi) is 6.24.